The van der Waals surface area contributed by atoms with Crippen molar-refractivity contribution in [3.05, 3.63) is 30.2 Å². The Kier molecular flexibility index (Phi) is 5.00. The number of benzene rings is 1. The van der Waals surface area contributed by atoms with E-state index in [1.807, 2.05) is 4.57 Å². The molecule has 6 heteroatoms. The predicted octanol–water partition coefficient (Wildman–Crippen LogP) is 3.40. The first-order valence-corrected chi connectivity index (χ1v) is 8.79. The van der Waals surface area contributed by atoms with Crippen molar-refractivity contribution in [2.45, 2.75) is 50.5 Å². The summed E-state index contributed by atoms with van der Waals surface area (Å²) < 4.78 is 38.5. The summed E-state index contributed by atoms with van der Waals surface area (Å²) in [4.78, 5) is -0.00874. The maximum absolute atomic E-state index is 13.4. The number of hydrogen-bond acceptors (Lipinski definition) is 2. The number of halogens is 1. The Morgan fingerprint density at radius 1 is 1.19 bits per heavy atom. The highest BCUT2D eigenvalue weighted by atomic mass is 32.2. The van der Waals surface area contributed by atoms with E-state index in [1.54, 1.807) is 6.07 Å². The molecule has 0 saturated heterocycles. The van der Waals surface area contributed by atoms with Crippen LogP contribution in [-0.2, 0) is 16.6 Å². The fraction of sp³-hybridized carbons (Fsp3) is 0.467. The molecule has 0 aliphatic heterocycles. The Hall–Kier alpha value is -1.40. The molecule has 0 fully saturated rings. The Balaban J connectivity index is 2.28. The molecule has 0 radical (unpaired) electrons. The molecule has 0 aliphatic carbocycles. The second-order valence-electron chi connectivity index (χ2n) is 5.31. The second kappa shape index (κ2) is 6.58. The molecule has 2 rings (SSSR count). The summed E-state index contributed by atoms with van der Waals surface area (Å²) in [7, 11) is -3.85. The van der Waals surface area contributed by atoms with Gasteiger partial charge in [0.2, 0.25) is 10.0 Å². The van der Waals surface area contributed by atoms with Crippen LogP contribution in [0.15, 0.2) is 29.3 Å². The third-order valence-electron chi connectivity index (χ3n) is 3.62. The standard InChI is InChI=1S/C15H21FN2O2S/c1-2-3-4-5-6-9-18-11-15(21(17,19)20)13-10-12(16)7-8-14(13)18/h7-8,10-11H,2-6,9H2,1H3,(H2,17,19,20). The highest BCUT2D eigenvalue weighted by molar-refractivity contribution is 7.89. The van der Waals surface area contributed by atoms with Crippen molar-refractivity contribution in [1.29, 1.82) is 0 Å². The first kappa shape index (κ1) is 16.0. The first-order valence-electron chi connectivity index (χ1n) is 7.24. The van der Waals surface area contributed by atoms with Crippen LogP contribution in [0.1, 0.15) is 39.0 Å². The lowest BCUT2D eigenvalue weighted by Gasteiger charge is -2.05. The second-order valence-corrected chi connectivity index (χ2v) is 6.84. The molecule has 4 nitrogen and oxygen atoms in total. The van der Waals surface area contributed by atoms with Gasteiger partial charge in [-0.2, -0.15) is 0 Å². The van der Waals surface area contributed by atoms with Crippen molar-refractivity contribution in [3.63, 3.8) is 0 Å². The molecule has 0 bridgehead atoms. The van der Waals surface area contributed by atoms with Crippen LogP contribution in [0.25, 0.3) is 10.9 Å². The van der Waals surface area contributed by atoms with Crippen LogP contribution in [0, 0.1) is 5.82 Å². The summed E-state index contributed by atoms with van der Waals surface area (Å²) in [6.45, 7) is 2.87. The quantitative estimate of drug-likeness (QED) is 0.796. The minimum Gasteiger partial charge on any atom is -0.346 e. The summed E-state index contributed by atoms with van der Waals surface area (Å²) in [5.41, 5.74) is 0.705. The SMILES string of the molecule is CCCCCCCn1cc(S(N)(=O)=O)c2cc(F)ccc21. The van der Waals surface area contributed by atoms with Gasteiger partial charge in [0, 0.05) is 23.6 Å². The van der Waals surface area contributed by atoms with E-state index in [0.29, 0.717) is 17.4 Å². The van der Waals surface area contributed by atoms with Crippen LogP contribution in [-0.4, -0.2) is 13.0 Å². The number of rotatable bonds is 7. The lowest BCUT2D eigenvalue weighted by atomic mass is 10.1. The fourth-order valence-electron chi connectivity index (χ4n) is 2.53. The summed E-state index contributed by atoms with van der Waals surface area (Å²) in [6, 6.07) is 4.16. The van der Waals surface area contributed by atoms with Crippen LogP contribution in [0.4, 0.5) is 4.39 Å². The topological polar surface area (TPSA) is 65.1 Å². The van der Waals surface area contributed by atoms with E-state index in [9.17, 15) is 12.8 Å². The lowest BCUT2D eigenvalue weighted by Crippen LogP contribution is -2.11. The van der Waals surface area contributed by atoms with E-state index < -0.39 is 15.8 Å². The van der Waals surface area contributed by atoms with Gasteiger partial charge in [-0.05, 0) is 24.6 Å². The molecular formula is C15H21FN2O2S. The summed E-state index contributed by atoms with van der Waals surface area (Å²) in [5.74, 6) is -0.465. The van der Waals surface area contributed by atoms with Gasteiger partial charge in [-0.15, -0.1) is 0 Å². The molecule has 1 aromatic carbocycles. The molecular weight excluding hydrogens is 291 g/mol. The number of unbranched alkanes of at least 4 members (excludes halogenated alkanes) is 4. The van der Waals surface area contributed by atoms with E-state index in [0.717, 1.165) is 12.8 Å². The van der Waals surface area contributed by atoms with Gasteiger partial charge < -0.3 is 4.57 Å². The molecule has 0 atom stereocenters. The molecule has 0 spiro atoms. The van der Waals surface area contributed by atoms with Crippen LogP contribution in [0.2, 0.25) is 0 Å². The summed E-state index contributed by atoms with van der Waals surface area (Å²) in [6.07, 6.45) is 7.14. The van der Waals surface area contributed by atoms with Gasteiger partial charge in [-0.1, -0.05) is 32.6 Å². The zero-order valence-corrected chi connectivity index (χ0v) is 13.0. The van der Waals surface area contributed by atoms with E-state index in [4.69, 9.17) is 5.14 Å². The van der Waals surface area contributed by atoms with Crippen molar-refractivity contribution in [1.82, 2.24) is 4.57 Å². The lowest BCUT2D eigenvalue weighted by molar-refractivity contribution is 0.574. The van der Waals surface area contributed by atoms with E-state index in [2.05, 4.69) is 6.92 Å². The van der Waals surface area contributed by atoms with Gasteiger partial charge in [-0.3, -0.25) is 0 Å². The zero-order chi connectivity index (χ0) is 15.5. The zero-order valence-electron chi connectivity index (χ0n) is 12.2. The monoisotopic (exact) mass is 312 g/mol. The minimum atomic E-state index is -3.85. The van der Waals surface area contributed by atoms with Gasteiger partial charge >= 0.3 is 0 Å². The number of fused-ring (bicyclic) bond motifs is 1. The molecule has 0 amide bonds. The molecule has 0 saturated carbocycles. The molecule has 21 heavy (non-hydrogen) atoms. The van der Waals surface area contributed by atoms with E-state index in [-0.39, 0.29) is 4.90 Å². The number of nitrogens with two attached hydrogens (primary N) is 1. The molecule has 0 unspecified atom stereocenters. The van der Waals surface area contributed by atoms with E-state index >= 15 is 0 Å². The number of aromatic nitrogens is 1. The van der Waals surface area contributed by atoms with Gasteiger partial charge in [0.1, 0.15) is 10.7 Å². The third kappa shape index (κ3) is 3.83. The van der Waals surface area contributed by atoms with Crippen LogP contribution in [0.5, 0.6) is 0 Å². The molecule has 2 aromatic rings. The van der Waals surface area contributed by atoms with Crippen molar-refractivity contribution in [2.24, 2.45) is 5.14 Å². The Morgan fingerprint density at radius 3 is 2.57 bits per heavy atom. The molecule has 1 heterocycles. The van der Waals surface area contributed by atoms with Crippen molar-refractivity contribution in [2.75, 3.05) is 0 Å². The third-order valence-corrected chi connectivity index (χ3v) is 4.55. The number of sulfonamides is 1. The number of aryl methyl sites for hydroxylation is 1. The normalized spacial score (nSPS) is 12.1. The minimum absolute atomic E-state index is 0.00874. The number of hydrogen-bond donors (Lipinski definition) is 1. The van der Waals surface area contributed by atoms with Crippen molar-refractivity contribution >= 4 is 20.9 Å². The van der Waals surface area contributed by atoms with Crippen LogP contribution >= 0.6 is 0 Å². The summed E-state index contributed by atoms with van der Waals surface area (Å²) >= 11 is 0. The van der Waals surface area contributed by atoms with Gasteiger partial charge in [-0.25, -0.2) is 17.9 Å². The highest BCUT2D eigenvalue weighted by Gasteiger charge is 2.17. The Bertz CT molecular complexity index is 723. The molecule has 116 valence electrons. The van der Waals surface area contributed by atoms with Gasteiger partial charge in [0.25, 0.3) is 0 Å². The highest BCUT2D eigenvalue weighted by Crippen LogP contribution is 2.26. The maximum atomic E-state index is 13.4. The molecule has 1 aromatic heterocycles. The van der Waals surface area contributed by atoms with Crippen LogP contribution < -0.4 is 5.14 Å². The molecule has 2 N–H and O–H groups in total. The fourth-order valence-corrected chi connectivity index (χ4v) is 3.28. The van der Waals surface area contributed by atoms with Crippen LogP contribution in [0.3, 0.4) is 0 Å². The predicted molar refractivity (Wildman–Crippen MR) is 82.0 cm³/mol. The largest absolute Gasteiger partial charge is 0.346 e. The first-order chi connectivity index (χ1) is 9.93. The average Bonchev–Trinajstić information content (AvgIpc) is 2.76. The van der Waals surface area contributed by atoms with Gasteiger partial charge in [0.15, 0.2) is 0 Å². The van der Waals surface area contributed by atoms with Gasteiger partial charge in [0.05, 0.1) is 0 Å². The smallest absolute Gasteiger partial charge is 0.240 e. The van der Waals surface area contributed by atoms with Crippen molar-refractivity contribution in [3.8, 4) is 0 Å². The number of nitrogens with zero attached hydrogens (tertiary/aromatic N) is 1. The molecule has 0 aliphatic rings. The Labute approximate surface area is 124 Å². The summed E-state index contributed by atoms with van der Waals surface area (Å²) in [5, 5.41) is 5.57. The Morgan fingerprint density at radius 2 is 1.90 bits per heavy atom. The maximum Gasteiger partial charge on any atom is 0.240 e. The van der Waals surface area contributed by atoms with Crippen molar-refractivity contribution < 1.29 is 12.8 Å². The van der Waals surface area contributed by atoms with E-state index in [1.165, 1.54) is 37.6 Å². The number of primary sulfonamides is 1. The average molecular weight is 312 g/mol.